The highest BCUT2D eigenvalue weighted by atomic mass is 16.1. The maximum Gasteiger partial charge on any atom is 0.158 e. The number of hydrogen-bond donors (Lipinski definition) is 1. The Balaban J connectivity index is 2.73. The van der Waals surface area contributed by atoms with E-state index in [1.165, 1.54) is 5.56 Å². The van der Waals surface area contributed by atoms with E-state index in [2.05, 4.69) is 11.9 Å². The lowest BCUT2D eigenvalue weighted by atomic mass is 9.87. The van der Waals surface area contributed by atoms with Crippen LogP contribution in [0.3, 0.4) is 0 Å². The van der Waals surface area contributed by atoms with E-state index in [0.717, 1.165) is 12.1 Å². The summed E-state index contributed by atoms with van der Waals surface area (Å²) in [6, 6.07) is 3.94. The third-order valence-electron chi connectivity index (χ3n) is 3.45. The van der Waals surface area contributed by atoms with Gasteiger partial charge in [-0.15, -0.1) is 0 Å². The van der Waals surface area contributed by atoms with Gasteiger partial charge in [-0.25, -0.2) is 0 Å². The highest BCUT2D eigenvalue weighted by molar-refractivity contribution is 5.89. The number of nitrogens with zero attached hydrogens (tertiary/aromatic N) is 1. The molecule has 0 unspecified atom stereocenters. The van der Waals surface area contributed by atoms with Gasteiger partial charge < -0.3 is 5.73 Å². The lowest BCUT2D eigenvalue weighted by Crippen LogP contribution is -2.47. The number of aryl methyl sites for hydroxylation is 1. The summed E-state index contributed by atoms with van der Waals surface area (Å²) in [5.74, 6) is 0.0826. The van der Waals surface area contributed by atoms with Gasteiger partial charge in [-0.2, -0.15) is 0 Å². The molecule has 0 atom stereocenters. The molecule has 0 bridgehead atoms. The van der Waals surface area contributed by atoms with E-state index >= 15 is 0 Å². The fourth-order valence-corrected chi connectivity index (χ4v) is 1.75. The number of carbonyl (C=O) groups excluding carboxylic acids is 1. The van der Waals surface area contributed by atoms with Crippen molar-refractivity contribution in [2.45, 2.75) is 52.0 Å². The predicted octanol–water partition coefficient (Wildman–Crippen LogP) is 2.27. The molecule has 0 spiro atoms. The van der Waals surface area contributed by atoms with Gasteiger partial charge in [0.05, 0.1) is 12.0 Å². The Labute approximate surface area is 103 Å². The molecule has 3 heteroatoms. The first kappa shape index (κ1) is 13.8. The lowest BCUT2D eigenvalue weighted by Gasteiger charge is -2.24. The standard InChI is InChI=1S/C14H22N2O/c1-4-11-7-8-12(16-10-11)9-13(17)14(15,5-2)6-3/h7-8,10H,4-6,9,15H2,1-3H3. The largest absolute Gasteiger partial charge is 0.319 e. The number of hydrogen-bond acceptors (Lipinski definition) is 3. The summed E-state index contributed by atoms with van der Waals surface area (Å²) in [5, 5.41) is 0. The van der Waals surface area contributed by atoms with Crippen molar-refractivity contribution < 1.29 is 4.79 Å². The molecule has 0 amide bonds. The van der Waals surface area contributed by atoms with E-state index in [1.807, 2.05) is 32.2 Å². The van der Waals surface area contributed by atoms with Crippen molar-refractivity contribution >= 4 is 5.78 Å². The third kappa shape index (κ3) is 3.37. The molecule has 2 N–H and O–H groups in total. The second-order valence-corrected chi connectivity index (χ2v) is 4.47. The van der Waals surface area contributed by atoms with Crippen molar-refractivity contribution in [3.63, 3.8) is 0 Å². The van der Waals surface area contributed by atoms with Crippen LogP contribution in [0.4, 0.5) is 0 Å². The van der Waals surface area contributed by atoms with Gasteiger partial charge in [-0.3, -0.25) is 9.78 Å². The molecule has 0 aliphatic rings. The van der Waals surface area contributed by atoms with Crippen LogP contribution in [-0.2, 0) is 17.6 Å². The van der Waals surface area contributed by atoms with E-state index in [1.54, 1.807) is 0 Å². The molecule has 1 heterocycles. The van der Waals surface area contributed by atoms with Crippen molar-refractivity contribution in [3.8, 4) is 0 Å². The minimum absolute atomic E-state index is 0.0826. The quantitative estimate of drug-likeness (QED) is 0.821. The fraction of sp³-hybridized carbons (Fsp3) is 0.571. The van der Waals surface area contributed by atoms with Crippen molar-refractivity contribution in [1.82, 2.24) is 4.98 Å². The zero-order chi connectivity index (χ0) is 12.9. The SMILES string of the molecule is CCc1ccc(CC(=O)C(N)(CC)CC)nc1. The maximum atomic E-state index is 12.1. The Kier molecular flexibility index (Phi) is 4.82. The van der Waals surface area contributed by atoms with Crippen LogP contribution in [0.2, 0.25) is 0 Å². The van der Waals surface area contributed by atoms with Crippen LogP contribution in [0.25, 0.3) is 0 Å². The number of rotatable bonds is 6. The molecule has 1 rings (SSSR count). The number of Topliss-reactive ketones (excluding diaryl/α,β-unsaturated/α-hetero) is 1. The van der Waals surface area contributed by atoms with Crippen molar-refractivity contribution in [3.05, 3.63) is 29.6 Å². The zero-order valence-corrected chi connectivity index (χ0v) is 11.0. The molecular formula is C14H22N2O. The van der Waals surface area contributed by atoms with E-state index in [4.69, 9.17) is 5.73 Å². The summed E-state index contributed by atoms with van der Waals surface area (Å²) >= 11 is 0. The molecule has 94 valence electrons. The van der Waals surface area contributed by atoms with Gasteiger partial charge in [0.2, 0.25) is 0 Å². The number of carbonyl (C=O) groups is 1. The zero-order valence-electron chi connectivity index (χ0n) is 11.0. The van der Waals surface area contributed by atoms with Gasteiger partial charge >= 0.3 is 0 Å². The molecule has 17 heavy (non-hydrogen) atoms. The summed E-state index contributed by atoms with van der Waals surface area (Å²) in [6.07, 6.45) is 4.48. The Morgan fingerprint density at radius 2 is 1.94 bits per heavy atom. The topological polar surface area (TPSA) is 56.0 Å². The summed E-state index contributed by atoms with van der Waals surface area (Å²) in [7, 11) is 0. The summed E-state index contributed by atoms with van der Waals surface area (Å²) in [5.41, 5.74) is 7.37. The first-order chi connectivity index (χ1) is 8.05. The number of aromatic nitrogens is 1. The van der Waals surface area contributed by atoms with E-state index < -0.39 is 5.54 Å². The van der Waals surface area contributed by atoms with Gasteiger partial charge in [0, 0.05) is 11.9 Å². The molecule has 3 nitrogen and oxygen atoms in total. The van der Waals surface area contributed by atoms with Gasteiger partial charge in [-0.05, 0) is 30.9 Å². The van der Waals surface area contributed by atoms with Crippen molar-refractivity contribution in [2.75, 3.05) is 0 Å². The molecule has 0 aliphatic carbocycles. The molecule has 0 aliphatic heterocycles. The fourth-order valence-electron chi connectivity index (χ4n) is 1.75. The average Bonchev–Trinajstić information content (AvgIpc) is 2.38. The van der Waals surface area contributed by atoms with Gasteiger partial charge in [0.1, 0.15) is 0 Å². The van der Waals surface area contributed by atoms with Crippen LogP contribution in [-0.4, -0.2) is 16.3 Å². The maximum absolute atomic E-state index is 12.1. The summed E-state index contributed by atoms with van der Waals surface area (Å²) in [6.45, 7) is 5.99. The highest BCUT2D eigenvalue weighted by Crippen LogP contribution is 2.15. The second-order valence-electron chi connectivity index (χ2n) is 4.47. The molecular weight excluding hydrogens is 212 g/mol. The molecule has 0 radical (unpaired) electrons. The van der Waals surface area contributed by atoms with Crippen LogP contribution >= 0.6 is 0 Å². The smallest absolute Gasteiger partial charge is 0.158 e. The van der Waals surface area contributed by atoms with Crippen LogP contribution in [0.5, 0.6) is 0 Å². The molecule has 0 saturated carbocycles. The Morgan fingerprint density at radius 3 is 2.35 bits per heavy atom. The Hall–Kier alpha value is -1.22. The Bertz CT molecular complexity index is 366. The van der Waals surface area contributed by atoms with Crippen LogP contribution in [0.1, 0.15) is 44.9 Å². The van der Waals surface area contributed by atoms with Gasteiger partial charge in [0.15, 0.2) is 5.78 Å². The predicted molar refractivity (Wildman–Crippen MR) is 69.8 cm³/mol. The molecule has 1 aromatic heterocycles. The second kappa shape index (κ2) is 5.92. The minimum atomic E-state index is -0.689. The van der Waals surface area contributed by atoms with Gasteiger partial charge in [-0.1, -0.05) is 26.8 Å². The number of ketones is 1. The minimum Gasteiger partial charge on any atom is -0.319 e. The van der Waals surface area contributed by atoms with Crippen LogP contribution in [0.15, 0.2) is 18.3 Å². The molecule has 0 saturated heterocycles. The molecule has 0 aromatic carbocycles. The Morgan fingerprint density at radius 1 is 1.29 bits per heavy atom. The summed E-state index contributed by atoms with van der Waals surface area (Å²) in [4.78, 5) is 16.4. The first-order valence-corrected chi connectivity index (χ1v) is 6.31. The third-order valence-corrected chi connectivity index (χ3v) is 3.45. The summed E-state index contributed by atoms with van der Waals surface area (Å²) < 4.78 is 0. The molecule has 0 fully saturated rings. The van der Waals surface area contributed by atoms with Crippen molar-refractivity contribution in [2.24, 2.45) is 5.73 Å². The van der Waals surface area contributed by atoms with Crippen molar-refractivity contribution in [1.29, 1.82) is 0 Å². The number of nitrogens with two attached hydrogens (primary N) is 1. The average molecular weight is 234 g/mol. The highest BCUT2D eigenvalue weighted by Gasteiger charge is 2.29. The normalized spacial score (nSPS) is 11.5. The number of pyridine rings is 1. The van der Waals surface area contributed by atoms with Crippen LogP contribution < -0.4 is 5.73 Å². The monoisotopic (exact) mass is 234 g/mol. The van der Waals surface area contributed by atoms with Crippen LogP contribution in [0, 0.1) is 0 Å². The van der Waals surface area contributed by atoms with E-state index in [-0.39, 0.29) is 5.78 Å². The van der Waals surface area contributed by atoms with E-state index in [0.29, 0.717) is 19.3 Å². The first-order valence-electron chi connectivity index (χ1n) is 6.31. The molecule has 1 aromatic rings. The lowest BCUT2D eigenvalue weighted by molar-refractivity contribution is -0.123. The van der Waals surface area contributed by atoms with Gasteiger partial charge in [0.25, 0.3) is 0 Å². The van der Waals surface area contributed by atoms with E-state index in [9.17, 15) is 4.79 Å².